The van der Waals surface area contributed by atoms with Crippen molar-refractivity contribution in [3.63, 3.8) is 0 Å². The van der Waals surface area contributed by atoms with Crippen LogP contribution in [0.1, 0.15) is 23.0 Å². The summed E-state index contributed by atoms with van der Waals surface area (Å²) in [6.45, 7) is 7.06. The molecule has 0 saturated carbocycles. The fourth-order valence-corrected chi connectivity index (χ4v) is 3.03. The second kappa shape index (κ2) is 5.87. The number of morpholine rings is 1. The first-order valence-corrected chi connectivity index (χ1v) is 7.35. The standard InChI is InChI=1S/C16H20N2O3/c1-2-18-13(11-17-6-8-21-9-7-17)10-12-4-3-5-14(15(12)18)16(19)20/h3-5,10H,2,6-9,11H2,1H3,(H,19,20). The number of ether oxygens (including phenoxy) is 1. The van der Waals surface area contributed by atoms with E-state index in [4.69, 9.17) is 4.74 Å². The van der Waals surface area contributed by atoms with Crippen molar-refractivity contribution in [2.45, 2.75) is 20.0 Å². The molecule has 2 heterocycles. The molecule has 1 aromatic carbocycles. The van der Waals surface area contributed by atoms with E-state index >= 15 is 0 Å². The highest BCUT2D eigenvalue weighted by Crippen LogP contribution is 2.25. The molecule has 1 fully saturated rings. The maximum absolute atomic E-state index is 11.4. The fraction of sp³-hybridized carbons (Fsp3) is 0.438. The molecule has 1 aliphatic rings. The van der Waals surface area contributed by atoms with Crippen LogP contribution >= 0.6 is 0 Å². The van der Waals surface area contributed by atoms with Crippen LogP contribution in [0.2, 0.25) is 0 Å². The molecule has 0 bridgehead atoms. The zero-order valence-corrected chi connectivity index (χ0v) is 12.2. The first kappa shape index (κ1) is 14.1. The molecule has 5 nitrogen and oxygen atoms in total. The van der Waals surface area contributed by atoms with E-state index in [0.29, 0.717) is 5.56 Å². The number of rotatable bonds is 4. The fourth-order valence-electron chi connectivity index (χ4n) is 3.03. The Balaban J connectivity index is 2.02. The minimum Gasteiger partial charge on any atom is -0.478 e. The zero-order valence-electron chi connectivity index (χ0n) is 12.2. The number of carboxylic acid groups (broad SMARTS) is 1. The van der Waals surface area contributed by atoms with Crippen LogP contribution in [-0.4, -0.2) is 46.8 Å². The summed E-state index contributed by atoms with van der Waals surface area (Å²) in [4.78, 5) is 13.8. The van der Waals surface area contributed by atoms with E-state index in [1.165, 1.54) is 5.69 Å². The molecule has 0 atom stereocenters. The third kappa shape index (κ3) is 2.66. The highest BCUT2D eigenvalue weighted by Gasteiger charge is 2.18. The lowest BCUT2D eigenvalue weighted by Crippen LogP contribution is -2.36. The molecule has 2 aromatic rings. The molecule has 0 amide bonds. The van der Waals surface area contributed by atoms with Crippen molar-refractivity contribution < 1.29 is 14.6 Å². The van der Waals surface area contributed by atoms with Crippen LogP contribution < -0.4 is 0 Å². The summed E-state index contributed by atoms with van der Waals surface area (Å²) < 4.78 is 7.50. The quantitative estimate of drug-likeness (QED) is 0.937. The maximum atomic E-state index is 11.4. The van der Waals surface area contributed by atoms with Crippen LogP contribution in [0.3, 0.4) is 0 Å². The average Bonchev–Trinajstić information content (AvgIpc) is 2.84. The molecule has 1 N–H and O–H groups in total. The van der Waals surface area contributed by atoms with Gasteiger partial charge in [-0.2, -0.15) is 0 Å². The molecule has 1 aliphatic heterocycles. The molecular formula is C16H20N2O3. The van der Waals surface area contributed by atoms with Crippen LogP contribution in [-0.2, 0) is 17.8 Å². The lowest BCUT2D eigenvalue weighted by Gasteiger charge is -2.27. The lowest BCUT2D eigenvalue weighted by molar-refractivity contribution is 0.0332. The van der Waals surface area contributed by atoms with Gasteiger partial charge in [-0.15, -0.1) is 0 Å². The Morgan fingerprint density at radius 2 is 2.10 bits per heavy atom. The van der Waals surface area contributed by atoms with Crippen LogP contribution in [0, 0.1) is 0 Å². The summed E-state index contributed by atoms with van der Waals surface area (Å²) in [7, 11) is 0. The molecule has 0 aliphatic carbocycles. The van der Waals surface area contributed by atoms with Crippen molar-refractivity contribution in [2.24, 2.45) is 0 Å². The van der Waals surface area contributed by atoms with Crippen LogP contribution in [0.4, 0.5) is 0 Å². The van der Waals surface area contributed by atoms with E-state index in [2.05, 4.69) is 22.5 Å². The number of carboxylic acids is 1. The van der Waals surface area contributed by atoms with Gasteiger partial charge in [0.25, 0.3) is 0 Å². The van der Waals surface area contributed by atoms with Crippen LogP contribution in [0.15, 0.2) is 24.3 Å². The Labute approximate surface area is 123 Å². The molecule has 3 rings (SSSR count). The smallest absolute Gasteiger partial charge is 0.337 e. The SMILES string of the molecule is CCn1c(CN2CCOCC2)cc2cccc(C(=O)O)c21. The Morgan fingerprint density at radius 1 is 1.33 bits per heavy atom. The van der Waals surface area contributed by atoms with Gasteiger partial charge in [0, 0.05) is 37.3 Å². The van der Waals surface area contributed by atoms with Crippen molar-refractivity contribution in [1.29, 1.82) is 0 Å². The first-order valence-electron chi connectivity index (χ1n) is 7.35. The Morgan fingerprint density at radius 3 is 2.76 bits per heavy atom. The van der Waals surface area contributed by atoms with Gasteiger partial charge < -0.3 is 14.4 Å². The van der Waals surface area contributed by atoms with Gasteiger partial charge in [-0.3, -0.25) is 4.90 Å². The molecule has 0 spiro atoms. The van der Waals surface area contributed by atoms with Gasteiger partial charge in [0.15, 0.2) is 0 Å². The summed E-state index contributed by atoms with van der Waals surface area (Å²) in [5.74, 6) is -0.869. The predicted octanol–water partition coefficient (Wildman–Crippen LogP) is 2.19. The van der Waals surface area contributed by atoms with Crippen LogP contribution in [0.5, 0.6) is 0 Å². The normalized spacial score (nSPS) is 16.4. The van der Waals surface area contributed by atoms with E-state index in [-0.39, 0.29) is 0 Å². The molecule has 1 saturated heterocycles. The summed E-state index contributed by atoms with van der Waals surface area (Å²) in [5, 5.41) is 10.4. The second-order valence-corrected chi connectivity index (χ2v) is 5.32. The molecule has 0 unspecified atom stereocenters. The average molecular weight is 288 g/mol. The number of carbonyl (C=O) groups is 1. The van der Waals surface area contributed by atoms with Gasteiger partial charge in [0.1, 0.15) is 0 Å². The number of aromatic carboxylic acids is 1. The summed E-state index contributed by atoms with van der Waals surface area (Å²) >= 11 is 0. The summed E-state index contributed by atoms with van der Waals surface area (Å²) in [5.41, 5.74) is 2.38. The van der Waals surface area contributed by atoms with E-state index in [0.717, 1.165) is 50.3 Å². The minimum atomic E-state index is -0.869. The summed E-state index contributed by atoms with van der Waals surface area (Å²) in [6, 6.07) is 7.58. The van der Waals surface area contributed by atoms with E-state index < -0.39 is 5.97 Å². The van der Waals surface area contributed by atoms with Crippen LogP contribution in [0.25, 0.3) is 10.9 Å². The number of aryl methyl sites for hydroxylation is 1. The van der Waals surface area contributed by atoms with E-state index in [1.54, 1.807) is 6.07 Å². The van der Waals surface area contributed by atoms with Gasteiger partial charge in [-0.1, -0.05) is 12.1 Å². The third-order valence-electron chi connectivity index (χ3n) is 4.04. The number of para-hydroxylation sites is 1. The number of benzene rings is 1. The highest BCUT2D eigenvalue weighted by atomic mass is 16.5. The van der Waals surface area contributed by atoms with Crippen molar-refractivity contribution in [3.05, 3.63) is 35.5 Å². The summed E-state index contributed by atoms with van der Waals surface area (Å²) in [6.07, 6.45) is 0. The predicted molar refractivity (Wildman–Crippen MR) is 80.7 cm³/mol. The maximum Gasteiger partial charge on any atom is 0.337 e. The number of fused-ring (bicyclic) bond motifs is 1. The Hall–Kier alpha value is -1.85. The van der Waals surface area contributed by atoms with E-state index in [9.17, 15) is 9.90 Å². The number of nitrogens with zero attached hydrogens (tertiary/aromatic N) is 2. The number of hydrogen-bond donors (Lipinski definition) is 1. The molecule has 112 valence electrons. The number of hydrogen-bond acceptors (Lipinski definition) is 3. The van der Waals surface area contributed by atoms with Crippen molar-refractivity contribution >= 4 is 16.9 Å². The number of aromatic nitrogens is 1. The lowest BCUT2D eigenvalue weighted by atomic mass is 10.1. The molecule has 21 heavy (non-hydrogen) atoms. The van der Waals surface area contributed by atoms with Gasteiger partial charge in [0.2, 0.25) is 0 Å². The minimum absolute atomic E-state index is 0.377. The van der Waals surface area contributed by atoms with Crippen molar-refractivity contribution in [3.8, 4) is 0 Å². The Kier molecular flexibility index (Phi) is 3.94. The zero-order chi connectivity index (χ0) is 14.8. The van der Waals surface area contributed by atoms with Gasteiger partial charge in [-0.25, -0.2) is 4.79 Å². The van der Waals surface area contributed by atoms with Crippen molar-refractivity contribution in [1.82, 2.24) is 9.47 Å². The molecule has 1 aromatic heterocycles. The van der Waals surface area contributed by atoms with Gasteiger partial charge in [-0.05, 0) is 19.1 Å². The van der Waals surface area contributed by atoms with Crippen molar-refractivity contribution in [2.75, 3.05) is 26.3 Å². The first-order chi connectivity index (χ1) is 10.2. The highest BCUT2D eigenvalue weighted by molar-refractivity contribution is 6.02. The third-order valence-corrected chi connectivity index (χ3v) is 4.04. The van der Waals surface area contributed by atoms with Gasteiger partial charge >= 0.3 is 5.97 Å². The topological polar surface area (TPSA) is 54.7 Å². The Bertz CT molecular complexity index is 657. The molecular weight excluding hydrogens is 268 g/mol. The monoisotopic (exact) mass is 288 g/mol. The van der Waals surface area contributed by atoms with Gasteiger partial charge in [0.05, 0.1) is 24.3 Å². The molecule has 0 radical (unpaired) electrons. The largest absolute Gasteiger partial charge is 0.478 e. The second-order valence-electron chi connectivity index (χ2n) is 5.32. The van der Waals surface area contributed by atoms with E-state index in [1.807, 2.05) is 12.1 Å². The molecule has 5 heteroatoms.